The normalized spacial score (nSPS) is 13.1. The van der Waals surface area contributed by atoms with Crippen molar-refractivity contribution >= 4 is 53.9 Å². The molecule has 0 aliphatic heterocycles. The number of hydrogen-bond donors (Lipinski definition) is 4. The molecule has 0 saturated heterocycles. The van der Waals surface area contributed by atoms with Gasteiger partial charge < -0.3 is 34.9 Å². The van der Waals surface area contributed by atoms with E-state index in [1.54, 1.807) is 106 Å². The molecule has 0 unspecified atom stereocenters. The Hall–Kier alpha value is -5.55. The van der Waals surface area contributed by atoms with Gasteiger partial charge >= 0.3 is 29.9 Å². The Morgan fingerprint density at radius 3 is 1.71 bits per heavy atom. The standard InChI is InChI=1S/C38H57N5O13/c1-23(2)31(34(51)42-43(27(45)21-44)20-30(48)56-38(9,10)11)41-32(49)25(17-18-28(46)54-36(3,4)5)39-33(50)26(19-29(47)55-37(6,7)8)40-35(52)53-22-24-15-13-12-14-16-24/h12-16,21,23,25-26,31H,17-20,22H2,1-11H3,(H,39,50)(H,40,52)(H,41,49)(H,42,51)/t25-,26-,31-/m0/s1. The molecule has 1 aromatic rings. The molecule has 312 valence electrons. The van der Waals surface area contributed by atoms with Gasteiger partial charge in [0.25, 0.3) is 5.91 Å². The van der Waals surface area contributed by atoms with E-state index in [4.69, 9.17) is 18.9 Å². The predicted octanol–water partition coefficient (Wildman–Crippen LogP) is 2.16. The van der Waals surface area contributed by atoms with Crippen LogP contribution in [0, 0.1) is 5.92 Å². The smallest absolute Gasteiger partial charge is 0.408 e. The zero-order valence-corrected chi connectivity index (χ0v) is 34.1. The van der Waals surface area contributed by atoms with Crippen LogP contribution in [0.25, 0.3) is 0 Å². The van der Waals surface area contributed by atoms with Crippen molar-refractivity contribution in [2.75, 3.05) is 6.54 Å². The van der Waals surface area contributed by atoms with Crippen molar-refractivity contribution in [3.63, 3.8) is 0 Å². The highest BCUT2D eigenvalue weighted by Crippen LogP contribution is 2.14. The number of nitrogens with one attached hydrogen (secondary N) is 4. The molecule has 5 amide bonds. The van der Waals surface area contributed by atoms with E-state index in [1.165, 1.54) is 0 Å². The van der Waals surface area contributed by atoms with Gasteiger partial charge in [0, 0.05) is 6.42 Å². The van der Waals surface area contributed by atoms with E-state index >= 15 is 0 Å². The summed E-state index contributed by atoms with van der Waals surface area (Å²) in [5.41, 5.74) is 0.00998. The predicted molar refractivity (Wildman–Crippen MR) is 200 cm³/mol. The fourth-order valence-electron chi connectivity index (χ4n) is 4.59. The highest BCUT2D eigenvalue weighted by atomic mass is 16.6. The summed E-state index contributed by atoms with van der Waals surface area (Å²) in [4.78, 5) is 115. The quantitative estimate of drug-likeness (QED) is 0.0582. The van der Waals surface area contributed by atoms with Gasteiger partial charge in [-0.1, -0.05) is 44.2 Å². The summed E-state index contributed by atoms with van der Waals surface area (Å²) in [6, 6.07) is 4.00. The molecule has 0 aromatic heterocycles. The van der Waals surface area contributed by atoms with Gasteiger partial charge in [0.2, 0.25) is 18.1 Å². The molecule has 0 heterocycles. The Morgan fingerprint density at radius 2 is 1.20 bits per heavy atom. The molecule has 0 aliphatic rings. The van der Waals surface area contributed by atoms with Crippen molar-refractivity contribution in [1.82, 2.24) is 26.4 Å². The number of hydrazine groups is 1. The topological polar surface area (TPSA) is 242 Å². The number of carbonyl (C=O) groups is 9. The van der Waals surface area contributed by atoms with Gasteiger partial charge in [-0.25, -0.2) is 9.80 Å². The number of rotatable bonds is 17. The Bertz CT molecular complexity index is 1560. The highest BCUT2D eigenvalue weighted by Gasteiger charge is 2.35. The molecule has 1 aromatic carbocycles. The molecular formula is C38H57N5O13. The van der Waals surface area contributed by atoms with Crippen molar-refractivity contribution < 1.29 is 62.1 Å². The highest BCUT2D eigenvalue weighted by molar-refractivity contribution is 6.24. The van der Waals surface area contributed by atoms with Crippen LogP contribution in [0.15, 0.2) is 30.3 Å². The van der Waals surface area contributed by atoms with Gasteiger partial charge in [-0.15, -0.1) is 0 Å². The summed E-state index contributed by atoms with van der Waals surface area (Å²) < 4.78 is 21.1. The molecule has 18 heteroatoms. The number of hydrogen-bond acceptors (Lipinski definition) is 13. The molecule has 3 atom stereocenters. The molecule has 0 aliphatic carbocycles. The Kier molecular flexibility index (Phi) is 18.6. The van der Waals surface area contributed by atoms with Crippen molar-refractivity contribution in [1.29, 1.82) is 0 Å². The van der Waals surface area contributed by atoms with E-state index in [0.29, 0.717) is 10.6 Å². The van der Waals surface area contributed by atoms with Crippen LogP contribution in [-0.4, -0.2) is 100 Å². The van der Waals surface area contributed by atoms with E-state index in [2.05, 4.69) is 21.4 Å². The lowest BCUT2D eigenvalue weighted by molar-refractivity contribution is -0.162. The van der Waals surface area contributed by atoms with Crippen LogP contribution in [0.5, 0.6) is 0 Å². The average Bonchev–Trinajstić information content (AvgIpc) is 3.04. The van der Waals surface area contributed by atoms with Crippen molar-refractivity contribution in [3.05, 3.63) is 35.9 Å². The second-order valence-corrected chi connectivity index (χ2v) is 16.1. The fourth-order valence-corrected chi connectivity index (χ4v) is 4.59. The number of alkyl carbamates (subject to hydrolysis) is 1. The third kappa shape index (κ3) is 20.2. The largest absolute Gasteiger partial charge is 0.460 e. The number of carbonyl (C=O) groups excluding carboxylic acids is 9. The van der Waals surface area contributed by atoms with E-state index in [0.717, 1.165) is 0 Å². The van der Waals surface area contributed by atoms with Gasteiger partial charge in [-0.2, -0.15) is 0 Å². The molecule has 18 nitrogen and oxygen atoms in total. The molecule has 0 bridgehead atoms. The molecular weight excluding hydrogens is 734 g/mol. The lowest BCUT2D eigenvalue weighted by Crippen LogP contribution is -2.60. The summed E-state index contributed by atoms with van der Waals surface area (Å²) in [7, 11) is 0. The first-order chi connectivity index (χ1) is 25.7. The number of nitrogens with zero attached hydrogens (tertiary/aromatic N) is 1. The Balaban J connectivity index is 3.39. The first-order valence-corrected chi connectivity index (χ1v) is 18.0. The van der Waals surface area contributed by atoms with Gasteiger partial charge in [0.1, 0.15) is 48.1 Å². The van der Waals surface area contributed by atoms with Crippen molar-refractivity contribution in [3.8, 4) is 0 Å². The molecule has 0 radical (unpaired) electrons. The third-order valence-corrected chi connectivity index (χ3v) is 6.87. The van der Waals surface area contributed by atoms with Crippen LogP contribution < -0.4 is 21.4 Å². The Morgan fingerprint density at radius 1 is 0.679 bits per heavy atom. The summed E-state index contributed by atoms with van der Waals surface area (Å²) in [6.07, 6.45) is -2.64. The number of benzene rings is 1. The third-order valence-electron chi connectivity index (χ3n) is 6.87. The molecule has 1 rings (SSSR count). The number of aldehydes is 1. The molecule has 0 fully saturated rings. The average molecular weight is 792 g/mol. The maximum atomic E-state index is 13.8. The second kappa shape index (κ2) is 21.5. The van der Waals surface area contributed by atoms with Crippen molar-refractivity contribution in [2.24, 2.45) is 5.92 Å². The lowest BCUT2D eigenvalue weighted by atomic mass is 10.0. The Labute approximate surface area is 327 Å². The van der Waals surface area contributed by atoms with E-state index in [1.807, 2.05) is 0 Å². The van der Waals surface area contributed by atoms with Gasteiger partial charge in [-0.3, -0.25) is 43.8 Å². The molecule has 4 N–H and O–H groups in total. The van der Waals surface area contributed by atoms with Crippen LogP contribution in [0.4, 0.5) is 4.79 Å². The summed E-state index contributed by atoms with van der Waals surface area (Å²) in [6.45, 7) is 16.5. The van der Waals surface area contributed by atoms with Gasteiger partial charge in [-0.05, 0) is 80.2 Å². The SMILES string of the molecule is CC(C)[C@H](NC(=O)[C@H](CCC(=O)OC(C)(C)C)NC(=O)[C@H](CC(=O)OC(C)(C)C)NC(=O)OCc1ccccc1)C(=O)NN(CC(=O)OC(C)(C)C)C(=O)C=O. The minimum absolute atomic E-state index is 0.130. The monoisotopic (exact) mass is 791 g/mol. The van der Waals surface area contributed by atoms with Crippen LogP contribution in [0.3, 0.4) is 0 Å². The van der Waals surface area contributed by atoms with E-state index < -0.39 is 108 Å². The number of esters is 3. The van der Waals surface area contributed by atoms with Crippen molar-refractivity contribution in [2.45, 2.75) is 137 Å². The zero-order chi connectivity index (χ0) is 43.0. The second-order valence-electron chi connectivity index (χ2n) is 16.1. The fraction of sp³-hybridized carbons (Fsp3) is 0.605. The minimum atomic E-state index is -1.63. The number of amides is 5. The van der Waals surface area contributed by atoms with Crippen LogP contribution in [0.2, 0.25) is 0 Å². The zero-order valence-electron chi connectivity index (χ0n) is 34.1. The first kappa shape index (κ1) is 48.5. The van der Waals surface area contributed by atoms with Crippen LogP contribution in [0.1, 0.15) is 101 Å². The molecule has 0 spiro atoms. The first-order valence-electron chi connectivity index (χ1n) is 18.0. The van der Waals surface area contributed by atoms with Gasteiger partial charge in [0.15, 0.2) is 0 Å². The summed E-state index contributed by atoms with van der Waals surface area (Å²) in [5.74, 6) is -7.55. The van der Waals surface area contributed by atoms with Gasteiger partial charge in [0.05, 0.1) is 6.42 Å². The maximum Gasteiger partial charge on any atom is 0.408 e. The molecule has 0 saturated carbocycles. The minimum Gasteiger partial charge on any atom is -0.460 e. The van der Waals surface area contributed by atoms with Crippen LogP contribution in [-0.2, 0) is 63.9 Å². The summed E-state index contributed by atoms with van der Waals surface area (Å²) >= 11 is 0. The lowest BCUT2D eigenvalue weighted by Gasteiger charge is -2.29. The molecule has 56 heavy (non-hydrogen) atoms. The summed E-state index contributed by atoms with van der Waals surface area (Å²) in [5, 5.41) is 7.66. The van der Waals surface area contributed by atoms with Crippen LogP contribution >= 0.6 is 0 Å². The number of ether oxygens (including phenoxy) is 4. The maximum absolute atomic E-state index is 13.8. The van der Waals surface area contributed by atoms with E-state index in [-0.39, 0.29) is 19.3 Å². The van der Waals surface area contributed by atoms with E-state index in [9.17, 15) is 43.2 Å².